The number of nitrogens with zero attached hydrogens (tertiary/aromatic N) is 2. The molecule has 0 aliphatic rings. The second-order valence-corrected chi connectivity index (χ2v) is 25.2. The van der Waals surface area contributed by atoms with Crippen molar-refractivity contribution in [2.45, 2.75) is 0 Å². The van der Waals surface area contributed by atoms with E-state index in [2.05, 4.69) is 337 Å². The van der Waals surface area contributed by atoms with Gasteiger partial charge < -0.3 is 9.13 Å². The van der Waals surface area contributed by atoms with Crippen LogP contribution >= 0.6 is 11.3 Å². The summed E-state index contributed by atoms with van der Waals surface area (Å²) in [5.41, 5.74) is 21.7. The Bertz CT molecular complexity index is 5860. The van der Waals surface area contributed by atoms with Gasteiger partial charge in [-0.15, -0.1) is 11.3 Å². The lowest BCUT2D eigenvalue weighted by Crippen LogP contribution is -1.99. The number of benzene rings is 16. The van der Waals surface area contributed by atoms with Crippen LogP contribution < -0.4 is 0 Å². The molecule has 0 radical (unpaired) electrons. The van der Waals surface area contributed by atoms with E-state index in [-0.39, 0.29) is 0 Å². The molecule has 3 heterocycles. The molecule has 16 aromatic carbocycles. The number of hydrogen-bond acceptors (Lipinski definition) is 1. The minimum absolute atomic E-state index is 1.18. The summed E-state index contributed by atoms with van der Waals surface area (Å²) in [5.74, 6) is 0. The Labute approximate surface area is 529 Å². The van der Waals surface area contributed by atoms with Crippen LogP contribution in [0.2, 0.25) is 0 Å². The molecule has 0 N–H and O–H groups in total. The van der Waals surface area contributed by atoms with E-state index < -0.39 is 0 Å². The lowest BCUT2D eigenvalue weighted by atomic mass is 9.87. The van der Waals surface area contributed by atoms with Gasteiger partial charge in [0.05, 0.1) is 33.4 Å². The summed E-state index contributed by atoms with van der Waals surface area (Å²) in [6.07, 6.45) is 0. The van der Waals surface area contributed by atoms with E-state index in [9.17, 15) is 0 Å². The molecule has 0 aliphatic carbocycles. The molecule has 0 saturated carbocycles. The van der Waals surface area contributed by atoms with Gasteiger partial charge in [-0.1, -0.05) is 273 Å². The van der Waals surface area contributed by atoms with Crippen molar-refractivity contribution in [3.05, 3.63) is 328 Å². The molecule has 422 valence electrons. The van der Waals surface area contributed by atoms with Gasteiger partial charge in [0.2, 0.25) is 0 Å². The topological polar surface area (TPSA) is 9.86 Å². The lowest BCUT2D eigenvalue weighted by Gasteiger charge is -2.20. The van der Waals surface area contributed by atoms with Crippen molar-refractivity contribution in [3.8, 4) is 78.1 Å². The molecule has 19 aromatic rings. The third kappa shape index (κ3) is 7.91. The van der Waals surface area contributed by atoms with Crippen molar-refractivity contribution in [2.24, 2.45) is 0 Å². The molecule has 2 nitrogen and oxygen atoms in total. The molecule has 0 fully saturated rings. The highest BCUT2D eigenvalue weighted by molar-refractivity contribution is 7.26. The second-order valence-electron chi connectivity index (χ2n) is 24.2. The zero-order valence-electron chi connectivity index (χ0n) is 49.5. The first kappa shape index (κ1) is 51.4. The minimum atomic E-state index is 1.18. The van der Waals surface area contributed by atoms with E-state index in [4.69, 9.17) is 0 Å². The molecular weight excluding hydrogens is 1120 g/mol. The maximum atomic E-state index is 2.56. The molecule has 0 unspecified atom stereocenters. The van der Waals surface area contributed by atoms with Crippen LogP contribution in [-0.2, 0) is 0 Å². The zero-order valence-corrected chi connectivity index (χ0v) is 50.3. The first-order chi connectivity index (χ1) is 45.2. The summed E-state index contributed by atoms with van der Waals surface area (Å²) in [6.45, 7) is 0. The standard InChI is InChI=1S/C88H54N2S/c1-5-23-55(24-6-1)59-43-47-78-74(51-59)75-52-60(56-25-7-2-8-26-56)44-48-79(75)89(78)86-67-35-17-13-31-63(67)83(64-32-14-18-36-68(64)86)71-39-22-42-82-85(71)73-41-21-40-72(88(73)91-82)84-65-33-15-19-37-69(65)87(70-38-20-16-34-66(70)84)90-80-49-45-61(57-27-9-3-10-28-57)53-76(80)77-54-62(46-50-81(77)90)58-29-11-4-12-30-58/h1-54H. The fourth-order valence-corrected chi connectivity index (χ4v) is 16.5. The predicted molar refractivity (Wildman–Crippen MR) is 391 cm³/mol. The van der Waals surface area contributed by atoms with Crippen molar-refractivity contribution in [1.29, 1.82) is 0 Å². The number of fused-ring (bicyclic) bond motifs is 13. The molecule has 0 saturated heterocycles. The molecule has 19 rings (SSSR count). The van der Waals surface area contributed by atoms with Gasteiger partial charge in [0.1, 0.15) is 0 Å². The van der Waals surface area contributed by atoms with Crippen LogP contribution in [0.25, 0.3) is 185 Å². The van der Waals surface area contributed by atoms with E-state index in [1.54, 1.807) is 0 Å². The van der Waals surface area contributed by atoms with Gasteiger partial charge in [0.15, 0.2) is 0 Å². The van der Waals surface area contributed by atoms with Crippen LogP contribution in [0.1, 0.15) is 0 Å². The summed E-state index contributed by atoms with van der Waals surface area (Å²) >= 11 is 1.92. The van der Waals surface area contributed by atoms with Crippen LogP contribution in [0.3, 0.4) is 0 Å². The summed E-state index contributed by atoms with van der Waals surface area (Å²) in [7, 11) is 0. The molecule has 91 heavy (non-hydrogen) atoms. The smallest absolute Gasteiger partial charge is 0.0619 e. The molecule has 3 heteroatoms. The van der Waals surface area contributed by atoms with Crippen LogP contribution in [0, 0.1) is 0 Å². The molecule has 0 amide bonds. The maximum Gasteiger partial charge on any atom is 0.0619 e. The summed E-state index contributed by atoms with van der Waals surface area (Å²) in [6, 6.07) is 122. The Kier molecular flexibility index (Phi) is 11.6. The number of thiophene rings is 1. The van der Waals surface area contributed by atoms with E-state index >= 15 is 0 Å². The van der Waals surface area contributed by atoms with Gasteiger partial charge >= 0.3 is 0 Å². The molecule has 0 spiro atoms. The Balaban J connectivity index is 0.831. The van der Waals surface area contributed by atoms with Gasteiger partial charge in [-0.3, -0.25) is 0 Å². The van der Waals surface area contributed by atoms with Crippen molar-refractivity contribution < 1.29 is 0 Å². The highest BCUT2D eigenvalue weighted by Gasteiger charge is 2.26. The Morgan fingerprint density at radius 1 is 0.198 bits per heavy atom. The highest BCUT2D eigenvalue weighted by Crippen LogP contribution is 2.52. The fourth-order valence-electron chi connectivity index (χ4n) is 15.3. The second kappa shape index (κ2) is 20.5. The van der Waals surface area contributed by atoms with E-state index in [0.29, 0.717) is 0 Å². The Morgan fingerprint density at radius 3 is 0.835 bits per heavy atom. The maximum absolute atomic E-state index is 2.56. The third-order valence-corrected chi connectivity index (χ3v) is 20.5. The van der Waals surface area contributed by atoms with E-state index in [1.807, 2.05) is 11.3 Å². The van der Waals surface area contributed by atoms with Crippen LogP contribution in [0.15, 0.2) is 328 Å². The van der Waals surface area contributed by atoms with Crippen molar-refractivity contribution in [1.82, 2.24) is 9.13 Å². The van der Waals surface area contributed by atoms with Crippen molar-refractivity contribution in [2.75, 3.05) is 0 Å². The molecule has 3 aromatic heterocycles. The van der Waals surface area contributed by atoms with E-state index in [0.717, 1.165) is 0 Å². The fraction of sp³-hybridized carbons (Fsp3) is 0. The highest BCUT2D eigenvalue weighted by atomic mass is 32.1. The number of hydrogen-bond donors (Lipinski definition) is 0. The molecule has 0 aliphatic heterocycles. The van der Waals surface area contributed by atoms with Gasteiger partial charge in [-0.2, -0.15) is 0 Å². The zero-order chi connectivity index (χ0) is 59.7. The quantitative estimate of drug-likeness (QED) is 0.134. The third-order valence-electron chi connectivity index (χ3n) is 19.3. The van der Waals surface area contributed by atoms with Gasteiger partial charge in [-0.25, -0.2) is 0 Å². The molecular formula is C88H54N2S. The van der Waals surface area contributed by atoms with E-state index in [1.165, 1.54) is 185 Å². The minimum Gasteiger partial charge on any atom is -0.308 e. The number of aromatic nitrogens is 2. The predicted octanol–water partition coefficient (Wildman–Crippen LogP) is 24.9. The van der Waals surface area contributed by atoms with Crippen molar-refractivity contribution >= 4 is 118 Å². The van der Waals surface area contributed by atoms with Gasteiger partial charge in [-0.05, 0) is 137 Å². The van der Waals surface area contributed by atoms with Crippen LogP contribution in [-0.4, -0.2) is 9.13 Å². The van der Waals surface area contributed by atoms with Crippen LogP contribution in [0.5, 0.6) is 0 Å². The summed E-state index contributed by atoms with van der Waals surface area (Å²) in [5, 5.41) is 17.2. The summed E-state index contributed by atoms with van der Waals surface area (Å²) in [4.78, 5) is 0. The first-order valence-corrected chi connectivity index (χ1v) is 32.2. The Hall–Kier alpha value is -11.6. The average Bonchev–Trinajstić information content (AvgIpc) is 1.67. The first-order valence-electron chi connectivity index (χ1n) is 31.4. The summed E-state index contributed by atoms with van der Waals surface area (Å²) < 4.78 is 7.66. The normalized spacial score (nSPS) is 12.0. The largest absolute Gasteiger partial charge is 0.308 e. The number of rotatable bonds is 8. The van der Waals surface area contributed by atoms with Crippen LogP contribution in [0.4, 0.5) is 0 Å². The molecule has 0 bridgehead atoms. The van der Waals surface area contributed by atoms with Crippen molar-refractivity contribution in [3.63, 3.8) is 0 Å². The van der Waals surface area contributed by atoms with Gasteiger partial charge in [0, 0.05) is 68.8 Å². The monoisotopic (exact) mass is 1170 g/mol. The lowest BCUT2D eigenvalue weighted by molar-refractivity contribution is 1.21. The SMILES string of the molecule is c1ccc(-c2ccc3c(c2)c2cc(-c4ccccc4)ccc2n3-c2c3ccccc3c(-c3cccc4c3sc3cccc(-c5c6ccccc6c(-n6c7ccc(-c8ccccc8)cc7c7cc(-c8ccccc8)ccc76)c6ccccc56)c34)c3ccccc23)cc1. The van der Waals surface area contributed by atoms with Gasteiger partial charge in [0.25, 0.3) is 0 Å². The Morgan fingerprint density at radius 2 is 0.484 bits per heavy atom. The molecule has 0 atom stereocenters. The average molecular weight is 1170 g/mol.